The highest BCUT2D eigenvalue weighted by molar-refractivity contribution is 9.10. The second kappa shape index (κ2) is 5.48. The van der Waals surface area contributed by atoms with Crippen LogP contribution < -0.4 is 16.0 Å². The largest absolute Gasteiger partial charge is 0.470 e. The number of halogens is 1. The number of nitrogens with two attached hydrogens (primary N) is 1. The van der Waals surface area contributed by atoms with Gasteiger partial charge in [-0.1, -0.05) is 28.1 Å². The number of imidazole rings is 1. The molecule has 0 aliphatic carbocycles. The third kappa shape index (κ3) is 2.59. The number of benzene rings is 1. The Morgan fingerprint density at radius 2 is 2.30 bits per heavy atom. The molecule has 102 valence electrons. The summed E-state index contributed by atoms with van der Waals surface area (Å²) >= 11 is 3.43. The first-order valence-electron chi connectivity index (χ1n) is 5.94. The molecule has 2 heterocycles. The molecule has 6 nitrogen and oxygen atoms in total. The maximum Gasteiger partial charge on any atom is 0.260 e. The van der Waals surface area contributed by atoms with Crippen LogP contribution >= 0.6 is 15.9 Å². The molecule has 20 heavy (non-hydrogen) atoms. The van der Waals surface area contributed by atoms with Crippen LogP contribution in [0.5, 0.6) is 5.88 Å². The van der Waals surface area contributed by atoms with Crippen LogP contribution in [-0.4, -0.2) is 14.4 Å². The van der Waals surface area contributed by atoms with E-state index >= 15 is 0 Å². The molecule has 0 spiro atoms. The highest BCUT2D eigenvalue weighted by Crippen LogP contribution is 2.20. The van der Waals surface area contributed by atoms with E-state index in [1.807, 2.05) is 30.5 Å². The van der Waals surface area contributed by atoms with Crippen LogP contribution in [0, 0.1) is 0 Å². The van der Waals surface area contributed by atoms with E-state index < -0.39 is 0 Å². The molecular formula is C13H12BrN5O. The number of hydrogen-bond donors (Lipinski definition) is 2. The van der Waals surface area contributed by atoms with Crippen LogP contribution in [0.1, 0.15) is 5.56 Å². The lowest BCUT2D eigenvalue weighted by atomic mass is 10.2. The number of hydrogen-bond acceptors (Lipinski definition) is 5. The average molecular weight is 334 g/mol. The van der Waals surface area contributed by atoms with Crippen LogP contribution in [-0.2, 0) is 6.61 Å². The fourth-order valence-corrected chi connectivity index (χ4v) is 2.29. The topological polar surface area (TPSA) is 77.5 Å². The van der Waals surface area contributed by atoms with Gasteiger partial charge in [-0.3, -0.25) is 4.40 Å². The van der Waals surface area contributed by atoms with Gasteiger partial charge in [0.1, 0.15) is 6.61 Å². The minimum absolute atomic E-state index is 0.406. The molecule has 0 saturated heterocycles. The number of ether oxygens (including phenoxy) is 1. The Labute approximate surface area is 123 Å². The molecule has 3 N–H and O–H groups in total. The van der Waals surface area contributed by atoms with Crippen molar-refractivity contribution in [2.75, 3.05) is 5.43 Å². The van der Waals surface area contributed by atoms with E-state index in [4.69, 9.17) is 10.6 Å². The molecule has 0 amide bonds. The Hall–Kier alpha value is -2.12. The summed E-state index contributed by atoms with van der Waals surface area (Å²) in [7, 11) is 0. The lowest BCUT2D eigenvalue weighted by Crippen LogP contribution is -2.11. The fourth-order valence-electron chi connectivity index (χ4n) is 1.85. The molecule has 7 heteroatoms. The fraction of sp³-hybridized carbons (Fsp3) is 0.0769. The molecular weight excluding hydrogens is 322 g/mol. The molecule has 0 radical (unpaired) electrons. The van der Waals surface area contributed by atoms with Crippen molar-refractivity contribution >= 4 is 27.4 Å². The van der Waals surface area contributed by atoms with Crippen molar-refractivity contribution in [3.63, 3.8) is 0 Å². The van der Waals surface area contributed by atoms with E-state index in [9.17, 15) is 0 Å². The van der Waals surface area contributed by atoms with Gasteiger partial charge in [0.25, 0.3) is 5.88 Å². The molecule has 0 unspecified atom stereocenters. The first-order chi connectivity index (χ1) is 9.76. The highest BCUT2D eigenvalue weighted by Gasteiger charge is 2.08. The van der Waals surface area contributed by atoms with Gasteiger partial charge < -0.3 is 10.2 Å². The molecule has 1 aromatic carbocycles. The molecule has 3 rings (SSSR count). The van der Waals surface area contributed by atoms with Gasteiger partial charge in [-0.05, 0) is 17.7 Å². The van der Waals surface area contributed by atoms with Crippen molar-refractivity contribution in [3.8, 4) is 5.88 Å². The van der Waals surface area contributed by atoms with Crippen molar-refractivity contribution in [2.24, 2.45) is 5.84 Å². The van der Waals surface area contributed by atoms with Crippen molar-refractivity contribution in [1.29, 1.82) is 0 Å². The standard InChI is InChI=1S/C13H12BrN5O/c14-10-3-1-2-9(6-10)8-20-13-12-16-4-5-19(12)7-11(17-13)18-15/h1-7,18H,8,15H2. The lowest BCUT2D eigenvalue weighted by molar-refractivity contribution is 0.296. The van der Waals surface area contributed by atoms with Gasteiger partial charge in [-0.15, -0.1) is 0 Å². The van der Waals surface area contributed by atoms with Gasteiger partial charge in [0.15, 0.2) is 5.82 Å². The predicted octanol–water partition coefficient (Wildman–Crippen LogP) is 2.36. The minimum atomic E-state index is 0.406. The molecule has 0 aliphatic rings. The third-order valence-electron chi connectivity index (χ3n) is 2.76. The molecule has 0 atom stereocenters. The summed E-state index contributed by atoms with van der Waals surface area (Å²) in [5.41, 5.74) is 4.20. The predicted molar refractivity (Wildman–Crippen MR) is 79.3 cm³/mol. The van der Waals surface area contributed by atoms with Crippen molar-refractivity contribution in [2.45, 2.75) is 6.61 Å². The van der Waals surface area contributed by atoms with Crippen LogP contribution in [0.15, 0.2) is 47.3 Å². The van der Waals surface area contributed by atoms with E-state index in [-0.39, 0.29) is 0 Å². The Bertz CT molecular complexity index is 742. The number of nitrogens with zero attached hydrogens (tertiary/aromatic N) is 3. The average Bonchev–Trinajstić information content (AvgIpc) is 2.93. The second-order valence-electron chi connectivity index (χ2n) is 4.15. The Morgan fingerprint density at radius 3 is 3.10 bits per heavy atom. The number of fused-ring (bicyclic) bond motifs is 1. The quantitative estimate of drug-likeness (QED) is 0.566. The summed E-state index contributed by atoms with van der Waals surface area (Å²) in [4.78, 5) is 8.50. The van der Waals surface area contributed by atoms with E-state index in [2.05, 4.69) is 31.3 Å². The molecule has 0 aliphatic heterocycles. The molecule has 0 fully saturated rings. The van der Waals surface area contributed by atoms with Crippen LogP contribution in [0.3, 0.4) is 0 Å². The number of rotatable bonds is 4. The zero-order valence-electron chi connectivity index (χ0n) is 10.5. The summed E-state index contributed by atoms with van der Waals surface area (Å²) in [6, 6.07) is 7.90. The second-order valence-corrected chi connectivity index (χ2v) is 5.07. The smallest absolute Gasteiger partial charge is 0.260 e. The van der Waals surface area contributed by atoms with Crippen LogP contribution in [0.2, 0.25) is 0 Å². The van der Waals surface area contributed by atoms with Crippen molar-refractivity contribution in [3.05, 3.63) is 52.9 Å². The van der Waals surface area contributed by atoms with Gasteiger partial charge in [0, 0.05) is 16.9 Å². The number of nitrogens with one attached hydrogen (secondary N) is 1. The maximum atomic E-state index is 5.75. The zero-order valence-corrected chi connectivity index (χ0v) is 12.0. The molecule has 0 bridgehead atoms. The third-order valence-corrected chi connectivity index (χ3v) is 3.25. The number of nitrogen functional groups attached to an aromatic ring is 1. The van der Waals surface area contributed by atoms with E-state index in [1.165, 1.54) is 0 Å². The Morgan fingerprint density at radius 1 is 1.40 bits per heavy atom. The first kappa shape index (κ1) is 12.9. The Kier molecular flexibility index (Phi) is 3.53. The van der Waals surface area contributed by atoms with E-state index in [0.29, 0.717) is 24.0 Å². The van der Waals surface area contributed by atoms with Gasteiger partial charge in [0.2, 0.25) is 5.65 Å². The zero-order chi connectivity index (χ0) is 13.9. The van der Waals surface area contributed by atoms with Crippen molar-refractivity contribution in [1.82, 2.24) is 14.4 Å². The van der Waals surface area contributed by atoms with Crippen LogP contribution in [0.4, 0.5) is 5.82 Å². The lowest BCUT2D eigenvalue weighted by Gasteiger charge is -2.09. The summed E-state index contributed by atoms with van der Waals surface area (Å²) in [6.07, 6.45) is 5.24. The summed E-state index contributed by atoms with van der Waals surface area (Å²) in [5, 5.41) is 0. The molecule has 2 aromatic heterocycles. The first-order valence-corrected chi connectivity index (χ1v) is 6.73. The SMILES string of the molecule is NNc1cn2ccnc2c(OCc2cccc(Br)c2)n1. The van der Waals surface area contributed by atoms with E-state index in [1.54, 1.807) is 16.8 Å². The molecule has 0 saturated carbocycles. The minimum Gasteiger partial charge on any atom is -0.470 e. The van der Waals surface area contributed by atoms with Gasteiger partial charge in [-0.2, -0.15) is 4.98 Å². The van der Waals surface area contributed by atoms with Crippen molar-refractivity contribution < 1.29 is 4.74 Å². The monoisotopic (exact) mass is 333 g/mol. The highest BCUT2D eigenvalue weighted by atomic mass is 79.9. The number of anilines is 1. The summed E-state index contributed by atoms with van der Waals surface area (Å²) in [5.74, 6) is 6.35. The van der Waals surface area contributed by atoms with Gasteiger partial charge >= 0.3 is 0 Å². The summed E-state index contributed by atoms with van der Waals surface area (Å²) in [6.45, 7) is 0.406. The Balaban J connectivity index is 1.88. The van der Waals surface area contributed by atoms with E-state index in [0.717, 1.165) is 10.0 Å². The summed E-state index contributed by atoms with van der Waals surface area (Å²) < 4.78 is 8.56. The number of aromatic nitrogens is 3. The van der Waals surface area contributed by atoms with Gasteiger partial charge in [0.05, 0.1) is 6.20 Å². The van der Waals surface area contributed by atoms with Crippen LogP contribution in [0.25, 0.3) is 5.65 Å². The normalized spacial score (nSPS) is 10.7. The van der Waals surface area contributed by atoms with Gasteiger partial charge in [-0.25, -0.2) is 10.8 Å². The number of hydrazine groups is 1. The maximum absolute atomic E-state index is 5.75. The molecule has 3 aromatic rings.